The molecule has 0 spiro atoms. The molecular formula is C14H20N2O2. The van der Waals surface area contributed by atoms with Crippen LogP contribution in [0.1, 0.15) is 31.1 Å². The molecule has 0 heterocycles. The fraction of sp³-hybridized carbons (Fsp3) is 0.357. The van der Waals surface area contributed by atoms with Crippen LogP contribution in [0.25, 0.3) is 0 Å². The Morgan fingerprint density at radius 2 is 2.17 bits per heavy atom. The smallest absolute Gasteiger partial charge is 0.251 e. The van der Waals surface area contributed by atoms with Crippen molar-refractivity contribution < 1.29 is 9.53 Å². The fourth-order valence-electron chi connectivity index (χ4n) is 1.38. The predicted octanol–water partition coefficient (Wildman–Crippen LogP) is 2.36. The molecule has 0 radical (unpaired) electrons. The van der Waals surface area contributed by atoms with Crippen molar-refractivity contribution in [3.8, 4) is 5.75 Å². The van der Waals surface area contributed by atoms with Gasteiger partial charge < -0.3 is 15.8 Å². The van der Waals surface area contributed by atoms with Gasteiger partial charge in [-0.25, -0.2) is 0 Å². The van der Waals surface area contributed by atoms with E-state index in [1.54, 1.807) is 24.3 Å². The molecule has 0 bridgehead atoms. The molecule has 0 aliphatic heterocycles. The van der Waals surface area contributed by atoms with Crippen molar-refractivity contribution in [3.63, 3.8) is 0 Å². The van der Waals surface area contributed by atoms with Gasteiger partial charge in [0.2, 0.25) is 0 Å². The zero-order chi connectivity index (χ0) is 13.8. The Labute approximate surface area is 108 Å². The molecule has 18 heavy (non-hydrogen) atoms. The molecule has 98 valence electrons. The summed E-state index contributed by atoms with van der Waals surface area (Å²) in [5, 5.41) is 2.87. The van der Waals surface area contributed by atoms with Gasteiger partial charge in [-0.1, -0.05) is 12.7 Å². The molecule has 0 saturated carbocycles. The van der Waals surface area contributed by atoms with E-state index in [2.05, 4.69) is 11.9 Å². The van der Waals surface area contributed by atoms with Crippen LogP contribution >= 0.6 is 0 Å². The van der Waals surface area contributed by atoms with E-state index in [9.17, 15) is 4.79 Å². The Kier molecular flexibility index (Phi) is 4.37. The highest BCUT2D eigenvalue weighted by molar-refractivity contribution is 5.95. The molecule has 0 aromatic heterocycles. The zero-order valence-corrected chi connectivity index (χ0v) is 11.1. The van der Waals surface area contributed by atoms with E-state index in [1.807, 2.05) is 20.8 Å². The first kappa shape index (κ1) is 14.1. The van der Waals surface area contributed by atoms with Crippen LogP contribution in [0, 0.1) is 0 Å². The van der Waals surface area contributed by atoms with Crippen molar-refractivity contribution in [1.29, 1.82) is 0 Å². The lowest BCUT2D eigenvalue weighted by molar-refractivity contribution is 0.0919. The van der Waals surface area contributed by atoms with Crippen LogP contribution in [0.3, 0.4) is 0 Å². The number of carbonyl (C=O) groups is 1. The highest BCUT2D eigenvalue weighted by Crippen LogP contribution is 2.22. The van der Waals surface area contributed by atoms with Crippen molar-refractivity contribution in [3.05, 3.63) is 36.4 Å². The van der Waals surface area contributed by atoms with Crippen LogP contribution < -0.4 is 15.8 Å². The Bertz CT molecular complexity index is 448. The minimum absolute atomic E-state index is 0.149. The van der Waals surface area contributed by atoms with Crippen molar-refractivity contribution in [2.75, 3.05) is 12.3 Å². The Morgan fingerprint density at radius 1 is 1.50 bits per heavy atom. The molecule has 1 amide bonds. The number of hydrogen-bond donors (Lipinski definition) is 2. The van der Waals surface area contributed by atoms with Gasteiger partial charge in [0, 0.05) is 11.1 Å². The summed E-state index contributed by atoms with van der Waals surface area (Å²) < 4.78 is 5.35. The minimum atomic E-state index is -0.274. The topological polar surface area (TPSA) is 64.3 Å². The fourth-order valence-corrected chi connectivity index (χ4v) is 1.38. The Morgan fingerprint density at radius 3 is 2.67 bits per heavy atom. The van der Waals surface area contributed by atoms with Crippen LogP contribution in [-0.2, 0) is 0 Å². The molecule has 4 nitrogen and oxygen atoms in total. The number of amides is 1. The number of benzene rings is 1. The van der Waals surface area contributed by atoms with Gasteiger partial charge in [-0.2, -0.15) is 0 Å². The normalized spacial score (nSPS) is 10.8. The quantitative estimate of drug-likeness (QED) is 0.635. The third-order valence-corrected chi connectivity index (χ3v) is 2.12. The maximum absolute atomic E-state index is 11.9. The van der Waals surface area contributed by atoms with E-state index < -0.39 is 0 Å². The second-order valence-corrected chi connectivity index (χ2v) is 5.06. The molecule has 1 aromatic rings. The first-order chi connectivity index (χ1) is 8.33. The third kappa shape index (κ3) is 4.13. The summed E-state index contributed by atoms with van der Waals surface area (Å²) in [4.78, 5) is 11.9. The van der Waals surface area contributed by atoms with Crippen LogP contribution in [0.4, 0.5) is 5.69 Å². The second kappa shape index (κ2) is 5.58. The van der Waals surface area contributed by atoms with Gasteiger partial charge >= 0.3 is 0 Å². The number of hydrogen-bond acceptors (Lipinski definition) is 3. The average molecular weight is 248 g/mol. The van der Waals surface area contributed by atoms with Crippen molar-refractivity contribution >= 4 is 11.6 Å². The Balaban J connectivity index is 2.83. The molecule has 0 aliphatic rings. The molecule has 1 aromatic carbocycles. The van der Waals surface area contributed by atoms with E-state index >= 15 is 0 Å². The number of rotatable bonds is 4. The number of carbonyl (C=O) groups excluding carboxylic acids is 1. The van der Waals surface area contributed by atoms with Crippen molar-refractivity contribution in [1.82, 2.24) is 5.32 Å². The second-order valence-electron chi connectivity index (χ2n) is 5.06. The number of ether oxygens (including phenoxy) is 1. The minimum Gasteiger partial charge on any atom is -0.487 e. The SMILES string of the molecule is C=CCOc1ccc(C(=O)NC(C)(C)C)cc1N. The van der Waals surface area contributed by atoms with Crippen LogP contribution in [0.15, 0.2) is 30.9 Å². The summed E-state index contributed by atoms with van der Waals surface area (Å²) in [6.07, 6.45) is 1.64. The van der Waals surface area contributed by atoms with Gasteiger partial charge in [-0.3, -0.25) is 4.79 Å². The van der Waals surface area contributed by atoms with Gasteiger partial charge in [0.1, 0.15) is 12.4 Å². The van der Waals surface area contributed by atoms with E-state index in [-0.39, 0.29) is 11.4 Å². The van der Waals surface area contributed by atoms with E-state index in [0.717, 1.165) is 0 Å². The molecule has 0 saturated heterocycles. The highest BCUT2D eigenvalue weighted by Gasteiger charge is 2.16. The lowest BCUT2D eigenvalue weighted by atomic mass is 10.1. The molecule has 1 rings (SSSR count). The largest absolute Gasteiger partial charge is 0.487 e. The maximum Gasteiger partial charge on any atom is 0.251 e. The van der Waals surface area contributed by atoms with Crippen molar-refractivity contribution in [2.45, 2.75) is 26.3 Å². The maximum atomic E-state index is 11.9. The van der Waals surface area contributed by atoms with Gasteiger partial charge in [0.25, 0.3) is 5.91 Å². The molecule has 3 N–H and O–H groups in total. The highest BCUT2D eigenvalue weighted by atomic mass is 16.5. The zero-order valence-electron chi connectivity index (χ0n) is 11.1. The molecule has 0 atom stereocenters. The number of nitrogen functional groups attached to an aromatic ring is 1. The number of anilines is 1. The molecule has 4 heteroatoms. The van der Waals surface area contributed by atoms with Crippen LogP contribution in [-0.4, -0.2) is 18.1 Å². The van der Waals surface area contributed by atoms with E-state index in [4.69, 9.17) is 10.5 Å². The molecule has 0 unspecified atom stereocenters. The summed E-state index contributed by atoms with van der Waals surface area (Å²) in [6.45, 7) is 9.73. The summed E-state index contributed by atoms with van der Waals surface area (Å²) in [7, 11) is 0. The molecule has 0 fully saturated rings. The van der Waals surface area contributed by atoms with E-state index in [0.29, 0.717) is 23.6 Å². The first-order valence-electron chi connectivity index (χ1n) is 5.79. The van der Waals surface area contributed by atoms with Gasteiger partial charge in [-0.15, -0.1) is 0 Å². The van der Waals surface area contributed by atoms with Gasteiger partial charge in [0.15, 0.2) is 0 Å². The summed E-state index contributed by atoms with van der Waals surface area (Å²) >= 11 is 0. The third-order valence-electron chi connectivity index (χ3n) is 2.12. The summed E-state index contributed by atoms with van der Waals surface area (Å²) in [6, 6.07) is 4.99. The summed E-state index contributed by atoms with van der Waals surface area (Å²) in [5.74, 6) is 0.409. The van der Waals surface area contributed by atoms with Crippen molar-refractivity contribution in [2.24, 2.45) is 0 Å². The van der Waals surface area contributed by atoms with Gasteiger partial charge in [-0.05, 0) is 39.0 Å². The Hall–Kier alpha value is -1.97. The molecule has 0 aliphatic carbocycles. The monoisotopic (exact) mass is 248 g/mol. The standard InChI is InChI=1S/C14H20N2O2/c1-5-8-18-12-7-6-10(9-11(12)15)13(17)16-14(2,3)4/h5-7,9H,1,8,15H2,2-4H3,(H,16,17). The lowest BCUT2D eigenvalue weighted by Crippen LogP contribution is -2.40. The molecular weight excluding hydrogens is 228 g/mol. The lowest BCUT2D eigenvalue weighted by Gasteiger charge is -2.20. The average Bonchev–Trinajstić information content (AvgIpc) is 2.25. The first-order valence-corrected chi connectivity index (χ1v) is 5.79. The van der Waals surface area contributed by atoms with Crippen LogP contribution in [0.5, 0.6) is 5.75 Å². The summed E-state index contributed by atoms with van der Waals surface area (Å²) in [5.41, 5.74) is 6.52. The van der Waals surface area contributed by atoms with Gasteiger partial charge in [0.05, 0.1) is 5.69 Å². The predicted molar refractivity (Wildman–Crippen MR) is 73.8 cm³/mol. The number of nitrogens with one attached hydrogen (secondary N) is 1. The number of nitrogens with two attached hydrogens (primary N) is 1. The van der Waals surface area contributed by atoms with E-state index in [1.165, 1.54) is 0 Å². The van der Waals surface area contributed by atoms with Crippen LogP contribution in [0.2, 0.25) is 0 Å².